The summed E-state index contributed by atoms with van der Waals surface area (Å²) in [6, 6.07) is 2.04. The lowest BCUT2D eigenvalue weighted by Crippen LogP contribution is -2.23. The number of hydrogen-bond donors (Lipinski definition) is 2. The zero-order chi connectivity index (χ0) is 14.6. The number of anilines is 1. The first-order valence-electron chi connectivity index (χ1n) is 4.95. The third kappa shape index (κ3) is 5.42. The smallest absolute Gasteiger partial charge is 0.400 e. The van der Waals surface area contributed by atoms with Gasteiger partial charge in [-0.05, 0) is 12.1 Å². The van der Waals surface area contributed by atoms with Crippen LogP contribution in [0.1, 0.15) is 0 Å². The SMILES string of the molecule is OC(CCl)CNc1cc(Br)cc(F)c1OC(F)(F)F. The molecule has 1 aromatic carbocycles. The van der Waals surface area contributed by atoms with E-state index in [4.69, 9.17) is 11.6 Å². The monoisotopic (exact) mass is 365 g/mol. The number of aliphatic hydroxyl groups is 1. The molecule has 0 spiro atoms. The molecule has 9 heteroatoms. The van der Waals surface area contributed by atoms with Crippen LogP contribution in [0.2, 0.25) is 0 Å². The molecule has 1 atom stereocenters. The Hall–Kier alpha value is -0.730. The van der Waals surface area contributed by atoms with Crippen molar-refractivity contribution >= 4 is 33.2 Å². The standard InChI is InChI=1S/C10H9BrClF4NO2/c11-5-1-7(13)9(19-10(14,15)16)8(2-5)17-4-6(18)3-12/h1-2,6,17-18H,3-4H2. The second-order valence-corrected chi connectivity index (χ2v) is 4.73. The van der Waals surface area contributed by atoms with Gasteiger partial charge in [-0.3, -0.25) is 0 Å². The van der Waals surface area contributed by atoms with Crippen LogP contribution in [-0.4, -0.2) is 30.0 Å². The highest BCUT2D eigenvalue weighted by molar-refractivity contribution is 9.10. The molecular formula is C10H9BrClF4NO2. The summed E-state index contributed by atoms with van der Waals surface area (Å²) >= 11 is 8.29. The van der Waals surface area contributed by atoms with Gasteiger partial charge in [-0.25, -0.2) is 4.39 Å². The topological polar surface area (TPSA) is 41.5 Å². The normalized spacial score (nSPS) is 13.2. The Kier molecular flexibility index (Phi) is 5.69. The van der Waals surface area contributed by atoms with E-state index in [-0.39, 0.29) is 22.6 Å². The van der Waals surface area contributed by atoms with Crippen LogP contribution in [0, 0.1) is 5.82 Å². The van der Waals surface area contributed by atoms with Crippen molar-refractivity contribution in [2.24, 2.45) is 0 Å². The van der Waals surface area contributed by atoms with Crippen LogP contribution < -0.4 is 10.1 Å². The fourth-order valence-electron chi connectivity index (χ4n) is 1.19. The van der Waals surface area contributed by atoms with Gasteiger partial charge in [0, 0.05) is 11.0 Å². The molecule has 2 N–H and O–H groups in total. The van der Waals surface area contributed by atoms with Crippen LogP contribution in [0.5, 0.6) is 5.75 Å². The molecule has 1 rings (SSSR count). The Bertz CT molecular complexity index is 444. The van der Waals surface area contributed by atoms with Crippen LogP contribution in [0.3, 0.4) is 0 Å². The number of nitrogens with one attached hydrogen (secondary N) is 1. The Morgan fingerprint density at radius 1 is 1.42 bits per heavy atom. The van der Waals surface area contributed by atoms with E-state index >= 15 is 0 Å². The minimum atomic E-state index is -5.02. The summed E-state index contributed by atoms with van der Waals surface area (Å²) < 4.78 is 53.8. The van der Waals surface area contributed by atoms with Crippen molar-refractivity contribution in [1.29, 1.82) is 0 Å². The first-order valence-corrected chi connectivity index (χ1v) is 6.28. The predicted molar refractivity (Wildman–Crippen MR) is 66.0 cm³/mol. The van der Waals surface area contributed by atoms with Gasteiger partial charge in [0.15, 0.2) is 11.6 Å². The zero-order valence-electron chi connectivity index (χ0n) is 9.27. The van der Waals surface area contributed by atoms with E-state index in [1.165, 1.54) is 6.07 Å². The molecule has 1 unspecified atom stereocenters. The summed E-state index contributed by atoms with van der Waals surface area (Å²) in [5.74, 6) is -2.29. The maximum Gasteiger partial charge on any atom is 0.573 e. The van der Waals surface area contributed by atoms with Crippen molar-refractivity contribution in [3.63, 3.8) is 0 Å². The molecule has 0 aliphatic rings. The zero-order valence-corrected chi connectivity index (χ0v) is 11.6. The average Bonchev–Trinajstić information content (AvgIpc) is 2.28. The molecule has 0 radical (unpaired) electrons. The van der Waals surface area contributed by atoms with Crippen LogP contribution in [0.4, 0.5) is 23.2 Å². The molecule has 0 saturated carbocycles. The maximum absolute atomic E-state index is 13.5. The number of aliphatic hydroxyl groups excluding tert-OH is 1. The summed E-state index contributed by atoms with van der Waals surface area (Å²) in [5.41, 5.74) is -0.242. The quantitative estimate of drug-likeness (QED) is 0.619. The van der Waals surface area contributed by atoms with E-state index in [2.05, 4.69) is 26.0 Å². The number of alkyl halides is 4. The lowest BCUT2D eigenvalue weighted by molar-refractivity contribution is -0.275. The highest BCUT2D eigenvalue weighted by Gasteiger charge is 2.34. The van der Waals surface area contributed by atoms with Gasteiger partial charge in [-0.15, -0.1) is 24.8 Å². The average molecular weight is 367 g/mol. The molecule has 0 saturated heterocycles. The predicted octanol–water partition coefficient (Wildman–Crippen LogP) is 3.50. The van der Waals surface area contributed by atoms with E-state index in [0.29, 0.717) is 0 Å². The highest BCUT2D eigenvalue weighted by Crippen LogP contribution is 2.35. The molecular weight excluding hydrogens is 357 g/mol. The maximum atomic E-state index is 13.5. The Balaban J connectivity index is 2.99. The largest absolute Gasteiger partial charge is 0.573 e. The van der Waals surface area contributed by atoms with Gasteiger partial charge in [0.1, 0.15) is 0 Å². The minimum Gasteiger partial charge on any atom is -0.400 e. The molecule has 0 amide bonds. The molecule has 1 aromatic rings. The van der Waals surface area contributed by atoms with E-state index in [1.54, 1.807) is 0 Å². The van der Waals surface area contributed by atoms with Crippen molar-refractivity contribution in [3.8, 4) is 5.75 Å². The van der Waals surface area contributed by atoms with Gasteiger partial charge < -0.3 is 15.2 Å². The van der Waals surface area contributed by atoms with Crippen LogP contribution >= 0.6 is 27.5 Å². The van der Waals surface area contributed by atoms with Gasteiger partial charge in [0.05, 0.1) is 17.7 Å². The van der Waals surface area contributed by atoms with E-state index in [1.807, 2.05) is 0 Å². The first-order chi connectivity index (χ1) is 8.73. The summed E-state index contributed by atoms with van der Waals surface area (Å²) in [6.45, 7) is -0.145. The van der Waals surface area contributed by atoms with E-state index in [9.17, 15) is 22.7 Å². The van der Waals surface area contributed by atoms with Crippen molar-refractivity contribution < 1.29 is 27.4 Å². The molecule has 0 aliphatic heterocycles. The second-order valence-electron chi connectivity index (χ2n) is 3.50. The molecule has 0 heterocycles. The van der Waals surface area contributed by atoms with Crippen LogP contribution in [0.25, 0.3) is 0 Å². The summed E-state index contributed by atoms with van der Waals surface area (Å²) in [7, 11) is 0. The highest BCUT2D eigenvalue weighted by atomic mass is 79.9. The van der Waals surface area contributed by atoms with E-state index in [0.717, 1.165) is 6.07 Å². The molecule has 0 fully saturated rings. The van der Waals surface area contributed by atoms with Gasteiger partial charge in [0.2, 0.25) is 0 Å². The fraction of sp³-hybridized carbons (Fsp3) is 0.400. The van der Waals surface area contributed by atoms with Gasteiger partial charge in [0.25, 0.3) is 0 Å². The summed E-state index contributed by atoms with van der Waals surface area (Å²) in [5, 5.41) is 11.7. The summed E-state index contributed by atoms with van der Waals surface area (Å²) in [4.78, 5) is 0. The lowest BCUT2D eigenvalue weighted by Gasteiger charge is -2.17. The number of benzene rings is 1. The molecule has 108 valence electrons. The molecule has 3 nitrogen and oxygen atoms in total. The molecule has 0 aromatic heterocycles. The summed E-state index contributed by atoms with van der Waals surface area (Å²) in [6.07, 6.45) is -6.00. The van der Waals surface area contributed by atoms with Crippen molar-refractivity contribution in [2.45, 2.75) is 12.5 Å². The first kappa shape index (κ1) is 16.3. The minimum absolute atomic E-state index is 0.112. The van der Waals surface area contributed by atoms with Gasteiger partial charge in [-0.2, -0.15) is 0 Å². The number of ether oxygens (including phenoxy) is 1. The molecule has 0 bridgehead atoms. The third-order valence-corrected chi connectivity index (χ3v) is 2.75. The van der Waals surface area contributed by atoms with Crippen molar-refractivity contribution in [2.75, 3.05) is 17.7 Å². The Morgan fingerprint density at radius 2 is 2.05 bits per heavy atom. The van der Waals surface area contributed by atoms with Gasteiger partial charge >= 0.3 is 6.36 Å². The molecule has 19 heavy (non-hydrogen) atoms. The Morgan fingerprint density at radius 3 is 2.58 bits per heavy atom. The van der Waals surface area contributed by atoms with Crippen molar-refractivity contribution in [1.82, 2.24) is 0 Å². The number of halogens is 6. The van der Waals surface area contributed by atoms with E-state index < -0.39 is 24.0 Å². The van der Waals surface area contributed by atoms with Crippen molar-refractivity contribution in [3.05, 3.63) is 22.4 Å². The number of rotatable bonds is 5. The third-order valence-electron chi connectivity index (χ3n) is 1.93. The van der Waals surface area contributed by atoms with Gasteiger partial charge in [-0.1, -0.05) is 15.9 Å². The molecule has 0 aliphatic carbocycles. The fourth-order valence-corrected chi connectivity index (χ4v) is 1.73. The van der Waals surface area contributed by atoms with Crippen LogP contribution in [0.15, 0.2) is 16.6 Å². The second kappa shape index (κ2) is 6.62. The number of hydrogen-bond acceptors (Lipinski definition) is 3. The van der Waals surface area contributed by atoms with Crippen LogP contribution in [-0.2, 0) is 0 Å². The Labute approximate surface area is 119 Å². The lowest BCUT2D eigenvalue weighted by atomic mass is 10.2.